The largest absolute Gasteiger partial charge is 0.328 e. The number of fused-ring (bicyclic) bond motifs is 3. The van der Waals surface area contributed by atoms with Crippen LogP contribution < -0.4 is 11.1 Å². The molecular formula is C21H26N4O3. The lowest BCUT2D eigenvalue weighted by atomic mass is 9.96. The zero-order chi connectivity index (χ0) is 19.4. The third-order valence-electron chi connectivity index (χ3n) is 6.95. The van der Waals surface area contributed by atoms with Crippen molar-refractivity contribution in [2.75, 3.05) is 0 Å². The van der Waals surface area contributed by atoms with Crippen LogP contribution in [0.25, 0.3) is 0 Å². The summed E-state index contributed by atoms with van der Waals surface area (Å²) < 4.78 is 0. The van der Waals surface area contributed by atoms with E-state index in [2.05, 4.69) is 16.3 Å². The van der Waals surface area contributed by atoms with E-state index >= 15 is 0 Å². The highest BCUT2D eigenvalue weighted by atomic mass is 16.2. The number of amides is 3. The summed E-state index contributed by atoms with van der Waals surface area (Å²) in [4.78, 5) is 40.9. The van der Waals surface area contributed by atoms with E-state index in [1.807, 2.05) is 12.1 Å². The maximum absolute atomic E-state index is 13.0. The number of piperidine rings is 2. The highest BCUT2D eigenvalue weighted by Gasteiger charge is 2.42. The van der Waals surface area contributed by atoms with Gasteiger partial charge in [-0.25, -0.2) is 0 Å². The molecule has 7 nitrogen and oxygen atoms in total. The Kier molecular flexibility index (Phi) is 4.25. The first-order chi connectivity index (χ1) is 13.5. The van der Waals surface area contributed by atoms with Gasteiger partial charge in [0, 0.05) is 43.2 Å². The first-order valence-electron chi connectivity index (χ1n) is 10.3. The van der Waals surface area contributed by atoms with Crippen molar-refractivity contribution in [3.05, 3.63) is 34.9 Å². The molecule has 7 heteroatoms. The first kappa shape index (κ1) is 17.8. The second-order valence-corrected chi connectivity index (χ2v) is 8.63. The van der Waals surface area contributed by atoms with Crippen LogP contribution >= 0.6 is 0 Å². The number of carbonyl (C=O) groups is 3. The lowest BCUT2D eigenvalue weighted by Crippen LogP contribution is -2.52. The van der Waals surface area contributed by atoms with Gasteiger partial charge in [0.15, 0.2) is 0 Å². The van der Waals surface area contributed by atoms with Crippen LogP contribution in [-0.4, -0.2) is 51.7 Å². The SMILES string of the molecule is NC1C[C@H]2CC[C@@H](C1)N2Cc1cccc2c1CN(C1CCC(=O)NC1=O)C2=O. The maximum Gasteiger partial charge on any atom is 0.255 e. The second-order valence-electron chi connectivity index (χ2n) is 8.63. The lowest BCUT2D eigenvalue weighted by molar-refractivity contribution is -0.136. The van der Waals surface area contributed by atoms with Crippen LogP contribution in [0, 0.1) is 0 Å². The lowest BCUT2D eigenvalue weighted by Gasteiger charge is -2.38. The molecule has 4 heterocycles. The average Bonchev–Trinajstić information content (AvgIpc) is 3.10. The minimum atomic E-state index is -0.561. The summed E-state index contributed by atoms with van der Waals surface area (Å²) in [7, 11) is 0. The topological polar surface area (TPSA) is 95.7 Å². The zero-order valence-corrected chi connectivity index (χ0v) is 15.9. The molecule has 5 rings (SSSR count). The molecule has 3 saturated heterocycles. The fourth-order valence-electron chi connectivity index (χ4n) is 5.57. The molecule has 3 N–H and O–H groups in total. The monoisotopic (exact) mass is 382 g/mol. The molecule has 28 heavy (non-hydrogen) atoms. The van der Waals surface area contributed by atoms with Gasteiger partial charge in [0.2, 0.25) is 11.8 Å². The van der Waals surface area contributed by atoms with Gasteiger partial charge in [0.1, 0.15) is 6.04 Å². The Morgan fingerprint density at radius 1 is 1.07 bits per heavy atom. The Hall–Kier alpha value is -2.25. The number of nitrogens with two attached hydrogens (primary N) is 1. The molecule has 0 aliphatic carbocycles. The van der Waals surface area contributed by atoms with Gasteiger partial charge >= 0.3 is 0 Å². The van der Waals surface area contributed by atoms with Crippen molar-refractivity contribution >= 4 is 17.7 Å². The Labute approximate surface area is 164 Å². The third-order valence-corrected chi connectivity index (χ3v) is 6.95. The molecule has 0 radical (unpaired) electrons. The van der Waals surface area contributed by atoms with Gasteiger partial charge in [-0.3, -0.25) is 24.6 Å². The van der Waals surface area contributed by atoms with Gasteiger partial charge in [-0.2, -0.15) is 0 Å². The van der Waals surface area contributed by atoms with Crippen molar-refractivity contribution in [2.45, 2.75) is 75.8 Å². The molecule has 2 unspecified atom stereocenters. The number of carbonyl (C=O) groups excluding carboxylic acids is 3. The van der Waals surface area contributed by atoms with E-state index in [0.717, 1.165) is 24.9 Å². The minimum Gasteiger partial charge on any atom is -0.328 e. The van der Waals surface area contributed by atoms with Gasteiger partial charge < -0.3 is 10.6 Å². The minimum absolute atomic E-state index is 0.102. The van der Waals surface area contributed by atoms with Gasteiger partial charge in [0.25, 0.3) is 5.91 Å². The predicted molar refractivity (Wildman–Crippen MR) is 102 cm³/mol. The van der Waals surface area contributed by atoms with Crippen LogP contribution in [0.15, 0.2) is 18.2 Å². The standard InChI is InChI=1S/C21H26N4O3/c22-13-8-14-4-5-15(9-13)24(14)10-12-2-1-3-16-17(12)11-25(21(16)28)18-6-7-19(26)23-20(18)27/h1-3,13-15,18H,4-11,22H2,(H,23,26,27)/t13?,14-,15+,18?. The van der Waals surface area contributed by atoms with E-state index in [1.165, 1.54) is 18.4 Å². The Morgan fingerprint density at radius 3 is 2.54 bits per heavy atom. The van der Waals surface area contributed by atoms with Crippen LogP contribution in [0.3, 0.4) is 0 Å². The van der Waals surface area contributed by atoms with Crippen molar-refractivity contribution < 1.29 is 14.4 Å². The molecule has 4 aliphatic rings. The molecule has 3 fully saturated rings. The van der Waals surface area contributed by atoms with E-state index in [4.69, 9.17) is 5.73 Å². The van der Waals surface area contributed by atoms with Crippen LogP contribution in [0.2, 0.25) is 0 Å². The molecular weight excluding hydrogens is 356 g/mol. The molecule has 0 saturated carbocycles. The van der Waals surface area contributed by atoms with Crippen LogP contribution in [0.1, 0.15) is 60.0 Å². The number of nitrogens with one attached hydrogen (secondary N) is 1. The number of nitrogens with zero attached hydrogens (tertiary/aromatic N) is 2. The number of rotatable bonds is 3. The van der Waals surface area contributed by atoms with Crippen molar-refractivity contribution in [1.82, 2.24) is 15.1 Å². The van der Waals surface area contributed by atoms with E-state index < -0.39 is 6.04 Å². The molecule has 0 aromatic heterocycles. The van der Waals surface area contributed by atoms with E-state index in [0.29, 0.717) is 36.7 Å². The van der Waals surface area contributed by atoms with Gasteiger partial charge in [-0.15, -0.1) is 0 Å². The smallest absolute Gasteiger partial charge is 0.255 e. The van der Waals surface area contributed by atoms with E-state index in [9.17, 15) is 14.4 Å². The summed E-state index contributed by atoms with van der Waals surface area (Å²) in [5, 5.41) is 2.37. The normalized spacial score (nSPS) is 32.6. The maximum atomic E-state index is 13.0. The van der Waals surface area contributed by atoms with Crippen LogP contribution in [-0.2, 0) is 22.7 Å². The quantitative estimate of drug-likeness (QED) is 0.758. The molecule has 148 valence electrons. The Morgan fingerprint density at radius 2 is 1.82 bits per heavy atom. The van der Waals surface area contributed by atoms with Crippen LogP contribution in [0.5, 0.6) is 0 Å². The number of imide groups is 1. The molecule has 2 bridgehead atoms. The fraction of sp³-hybridized carbons (Fsp3) is 0.571. The molecule has 4 atom stereocenters. The van der Waals surface area contributed by atoms with Crippen molar-refractivity contribution in [1.29, 1.82) is 0 Å². The fourth-order valence-corrected chi connectivity index (χ4v) is 5.57. The van der Waals surface area contributed by atoms with Crippen LogP contribution in [0.4, 0.5) is 0 Å². The molecule has 1 aromatic rings. The first-order valence-corrected chi connectivity index (χ1v) is 10.3. The summed E-state index contributed by atoms with van der Waals surface area (Å²) >= 11 is 0. The Balaban J connectivity index is 1.38. The number of hydrogen-bond acceptors (Lipinski definition) is 5. The summed E-state index contributed by atoms with van der Waals surface area (Å²) in [6.07, 6.45) is 5.18. The van der Waals surface area contributed by atoms with Gasteiger partial charge in [0.05, 0.1) is 0 Å². The third kappa shape index (κ3) is 2.84. The van der Waals surface area contributed by atoms with Crippen molar-refractivity contribution in [3.63, 3.8) is 0 Å². The molecule has 4 aliphatic heterocycles. The summed E-state index contributed by atoms with van der Waals surface area (Å²) in [6, 6.07) is 6.72. The predicted octanol–water partition coefficient (Wildman–Crippen LogP) is 0.902. The van der Waals surface area contributed by atoms with Crippen molar-refractivity contribution in [2.24, 2.45) is 5.73 Å². The highest BCUT2D eigenvalue weighted by molar-refractivity contribution is 6.05. The summed E-state index contributed by atoms with van der Waals surface area (Å²) in [6.45, 7) is 1.28. The average molecular weight is 382 g/mol. The molecule has 1 aromatic carbocycles. The summed E-state index contributed by atoms with van der Waals surface area (Å²) in [5.41, 5.74) is 9.11. The second kappa shape index (κ2) is 6.67. The van der Waals surface area contributed by atoms with E-state index in [1.54, 1.807) is 4.90 Å². The Bertz CT molecular complexity index is 840. The summed E-state index contributed by atoms with van der Waals surface area (Å²) in [5.74, 6) is -0.720. The van der Waals surface area contributed by atoms with Crippen molar-refractivity contribution in [3.8, 4) is 0 Å². The number of hydrogen-bond donors (Lipinski definition) is 2. The molecule has 3 amide bonds. The van der Waals surface area contributed by atoms with E-state index in [-0.39, 0.29) is 24.1 Å². The van der Waals surface area contributed by atoms with Gasteiger partial charge in [-0.1, -0.05) is 12.1 Å². The van der Waals surface area contributed by atoms with Gasteiger partial charge in [-0.05, 0) is 49.3 Å². The zero-order valence-electron chi connectivity index (χ0n) is 15.9. The highest BCUT2D eigenvalue weighted by Crippen LogP contribution is 2.38. The number of benzene rings is 1. The molecule has 0 spiro atoms.